The van der Waals surface area contributed by atoms with Gasteiger partial charge in [0.15, 0.2) is 0 Å². The zero-order valence-electron chi connectivity index (χ0n) is 13.3. The lowest BCUT2D eigenvalue weighted by Crippen LogP contribution is -2.43. The number of hydrogen-bond acceptors (Lipinski definition) is 3. The SMILES string of the molecule is CC(C)COc1cccc(C(=O)NC2CCN(C)CC2)c1. The van der Waals surface area contributed by atoms with E-state index in [0.717, 1.165) is 31.7 Å². The van der Waals surface area contributed by atoms with Crippen LogP contribution in [0.25, 0.3) is 0 Å². The molecule has 1 aliphatic rings. The van der Waals surface area contributed by atoms with Crippen molar-refractivity contribution >= 4 is 5.91 Å². The maximum Gasteiger partial charge on any atom is 0.251 e. The first-order valence-corrected chi connectivity index (χ1v) is 7.77. The summed E-state index contributed by atoms with van der Waals surface area (Å²) in [6, 6.07) is 7.72. The summed E-state index contributed by atoms with van der Waals surface area (Å²) in [6.07, 6.45) is 2.04. The molecule has 1 aliphatic heterocycles. The molecule has 4 heteroatoms. The number of carbonyl (C=O) groups is 1. The molecule has 0 aliphatic carbocycles. The minimum atomic E-state index is -0.000417. The van der Waals surface area contributed by atoms with Crippen molar-refractivity contribution in [3.05, 3.63) is 29.8 Å². The molecule has 1 aromatic rings. The number of hydrogen-bond donors (Lipinski definition) is 1. The van der Waals surface area contributed by atoms with E-state index >= 15 is 0 Å². The number of benzene rings is 1. The van der Waals surface area contributed by atoms with E-state index in [4.69, 9.17) is 4.74 Å². The molecular weight excluding hydrogens is 264 g/mol. The van der Waals surface area contributed by atoms with Gasteiger partial charge < -0.3 is 15.0 Å². The average molecular weight is 290 g/mol. The predicted molar refractivity (Wildman–Crippen MR) is 84.8 cm³/mol. The van der Waals surface area contributed by atoms with Gasteiger partial charge in [-0.3, -0.25) is 4.79 Å². The third-order valence-corrected chi connectivity index (χ3v) is 3.73. The molecule has 1 saturated heterocycles. The highest BCUT2D eigenvalue weighted by Gasteiger charge is 2.19. The third-order valence-electron chi connectivity index (χ3n) is 3.73. The fourth-order valence-corrected chi connectivity index (χ4v) is 2.41. The standard InChI is InChI=1S/C17H26N2O2/c1-13(2)12-21-16-6-4-5-14(11-16)17(20)18-15-7-9-19(3)10-8-15/h4-6,11,13,15H,7-10,12H2,1-3H3,(H,18,20). The summed E-state index contributed by atoms with van der Waals surface area (Å²) in [5.74, 6) is 1.24. The van der Waals surface area contributed by atoms with Gasteiger partial charge in [-0.15, -0.1) is 0 Å². The molecular formula is C17H26N2O2. The summed E-state index contributed by atoms with van der Waals surface area (Å²) >= 11 is 0. The molecule has 0 spiro atoms. The third kappa shape index (κ3) is 5.05. The van der Waals surface area contributed by atoms with Crippen molar-refractivity contribution in [1.82, 2.24) is 10.2 Å². The lowest BCUT2D eigenvalue weighted by molar-refractivity contribution is 0.0916. The summed E-state index contributed by atoms with van der Waals surface area (Å²) in [5, 5.41) is 3.13. The number of likely N-dealkylation sites (tertiary alicyclic amines) is 1. The molecule has 0 aromatic heterocycles. The molecule has 1 heterocycles. The Morgan fingerprint density at radius 3 is 2.76 bits per heavy atom. The highest BCUT2D eigenvalue weighted by molar-refractivity contribution is 5.94. The van der Waals surface area contributed by atoms with Crippen LogP contribution >= 0.6 is 0 Å². The second-order valence-corrected chi connectivity index (χ2v) is 6.28. The van der Waals surface area contributed by atoms with E-state index in [0.29, 0.717) is 18.1 Å². The Kier molecular flexibility index (Phi) is 5.62. The molecule has 1 amide bonds. The van der Waals surface area contributed by atoms with Crippen molar-refractivity contribution in [2.45, 2.75) is 32.7 Å². The van der Waals surface area contributed by atoms with Gasteiger partial charge in [0.05, 0.1) is 6.61 Å². The zero-order valence-corrected chi connectivity index (χ0v) is 13.3. The van der Waals surface area contributed by atoms with Crippen LogP contribution in [0, 0.1) is 5.92 Å². The van der Waals surface area contributed by atoms with E-state index in [1.165, 1.54) is 0 Å². The van der Waals surface area contributed by atoms with Crippen LogP contribution in [0.5, 0.6) is 5.75 Å². The second kappa shape index (κ2) is 7.46. The Balaban J connectivity index is 1.91. The van der Waals surface area contributed by atoms with Crippen LogP contribution in [-0.2, 0) is 0 Å². The fraction of sp³-hybridized carbons (Fsp3) is 0.588. The number of amides is 1. The number of nitrogens with one attached hydrogen (secondary N) is 1. The molecule has 0 atom stereocenters. The minimum absolute atomic E-state index is 0.000417. The molecule has 116 valence electrons. The van der Waals surface area contributed by atoms with Gasteiger partial charge in [-0.05, 0) is 57.1 Å². The van der Waals surface area contributed by atoms with Crippen LogP contribution in [0.1, 0.15) is 37.0 Å². The van der Waals surface area contributed by atoms with Crippen LogP contribution in [0.4, 0.5) is 0 Å². The molecule has 0 radical (unpaired) electrons. The summed E-state index contributed by atoms with van der Waals surface area (Å²) < 4.78 is 5.68. The van der Waals surface area contributed by atoms with Crippen LogP contribution < -0.4 is 10.1 Å². The van der Waals surface area contributed by atoms with Gasteiger partial charge in [-0.25, -0.2) is 0 Å². The zero-order chi connectivity index (χ0) is 15.2. The molecule has 1 N–H and O–H groups in total. The Morgan fingerprint density at radius 2 is 2.10 bits per heavy atom. The van der Waals surface area contributed by atoms with Crippen molar-refractivity contribution in [1.29, 1.82) is 0 Å². The van der Waals surface area contributed by atoms with Crippen molar-refractivity contribution in [3.63, 3.8) is 0 Å². The molecule has 0 saturated carbocycles. The molecule has 2 rings (SSSR count). The van der Waals surface area contributed by atoms with Gasteiger partial charge in [0.25, 0.3) is 5.91 Å². The van der Waals surface area contributed by atoms with E-state index < -0.39 is 0 Å². The number of ether oxygens (including phenoxy) is 1. The fourth-order valence-electron chi connectivity index (χ4n) is 2.41. The maximum absolute atomic E-state index is 12.3. The number of piperidine rings is 1. The van der Waals surface area contributed by atoms with E-state index in [2.05, 4.69) is 31.1 Å². The van der Waals surface area contributed by atoms with Crippen molar-refractivity contribution in [2.75, 3.05) is 26.7 Å². The van der Waals surface area contributed by atoms with Gasteiger partial charge in [0.1, 0.15) is 5.75 Å². The smallest absolute Gasteiger partial charge is 0.251 e. The highest BCUT2D eigenvalue weighted by atomic mass is 16.5. The molecule has 21 heavy (non-hydrogen) atoms. The first-order chi connectivity index (χ1) is 10.0. The Bertz CT molecular complexity index is 466. The van der Waals surface area contributed by atoms with Crippen LogP contribution in [0.2, 0.25) is 0 Å². The Hall–Kier alpha value is -1.55. The van der Waals surface area contributed by atoms with Crippen molar-refractivity contribution < 1.29 is 9.53 Å². The average Bonchev–Trinajstić information content (AvgIpc) is 2.48. The lowest BCUT2D eigenvalue weighted by Gasteiger charge is -2.29. The summed E-state index contributed by atoms with van der Waals surface area (Å²) in [6.45, 7) is 6.97. The van der Waals surface area contributed by atoms with Crippen LogP contribution in [0.3, 0.4) is 0 Å². The summed E-state index contributed by atoms with van der Waals surface area (Å²) in [7, 11) is 2.12. The number of carbonyl (C=O) groups excluding carboxylic acids is 1. The lowest BCUT2D eigenvalue weighted by atomic mass is 10.0. The molecule has 1 aromatic carbocycles. The van der Waals surface area contributed by atoms with E-state index in [-0.39, 0.29) is 11.9 Å². The van der Waals surface area contributed by atoms with Crippen LogP contribution in [-0.4, -0.2) is 43.6 Å². The van der Waals surface area contributed by atoms with Gasteiger partial charge in [-0.2, -0.15) is 0 Å². The predicted octanol–water partition coefficient (Wildman–Crippen LogP) is 2.55. The van der Waals surface area contributed by atoms with Gasteiger partial charge in [-0.1, -0.05) is 19.9 Å². The van der Waals surface area contributed by atoms with E-state index in [1.54, 1.807) is 0 Å². The first kappa shape index (κ1) is 15.8. The van der Waals surface area contributed by atoms with Crippen LogP contribution in [0.15, 0.2) is 24.3 Å². The highest BCUT2D eigenvalue weighted by Crippen LogP contribution is 2.15. The Morgan fingerprint density at radius 1 is 1.38 bits per heavy atom. The second-order valence-electron chi connectivity index (χ2n) is 6.28. The summed E-state index contributed by atoms with van der Waals surface area (Å²) in [4.78, 5) is 14.6. The number of nitrogens with zero attached hydrogens (tertiary/aromatic N) is 1. The Labute approximate surface area is 127 Å². The minimum Gasteiger partial charge on any atom is -0.493 e. The van der Waals surface area contributed by atoms with Crippen molar-refractivity contribution in [2.24, 2.45) is 5.92 Å². The molecule has 1 fully saturated rings. The van der Waals surface area contributed by atoms with Crippen molar-refractivity contribution in [3.8, 4) is 5.75 Å². The molecule has 0 bridgehead atoms. The quantitative estimate of drug-likeness (QED) is 0.906. The number of rotatable bonds is 5. The topological polar surface area (TPSA) is 41.6 Å². The van der Waals surface area contributed by atoms with Gasteiger partial charge in [0.2, 0.25) is 0 Å². The van der Waals surface area contributed by atoms with Gasteiger partial charge in [0, 0.05) is 11.6 Å². The largest absolute Gasteiger partial charge is 0.493 e. The normalized spacial score (nSPS) is 17.0. The van der Waals surface area contributed by atoms with E-state index in [1.807, 2.05) is 24.3 Å². The first-order valence-electron chi connectivity index (χ1n) is 7.77. The molecule has 4 nitrogen and oxygen atoms in total. The van der Waals surface area contributed by atoms with Gasteiger partial charge >= 0.3 is 0 Å². The summed E-state index contributed by atoms with van der Waals surface area (Å²) in [5.41, 5.74) is 0.676. The van der Waals surface area contributed by atoms with E-state index in [9.17, 15) is 4.79 Å². The monoisotopic (exact) mass is 290 g/mol. The molecule has 0 unspecified atom stereocenters. The maximum atomic E-state index is 12.3.